The number of carbonyl (C=O) groups is 1. The number of hydrogen-bond donors (Lipinski definition) is 0. The molecule has 0 unspecified atom stereocenters. The Kier molecular flexibility index (Phi) is 4.45. The molecular formula is C15H18ClN3O. The maximum atomic E-state index is 12.0. The summed E-state index contributed by atoms with van der Waals surface area (Å²) >= 11 is 6.21. The van der Waals surface area contributed by atoms with E-state index in [1.165, 1.54) is 0 Å². The molecule has 0 saturated heterocycles. The second-order valence-corrected chi connectivity index (χ2v) is 5.07. The predicted octanol–water partition coefficient (Wildman–Crippen LogP) is 3.42. The Morgan fingerprint density at radius 2 is 2.20 bits per heavy atom. The Bertz CT molecular complexity index is 608. The fraction of sp³-hybridized carbons (Fsp3) is 0.333. The van der Waals surface area contributed by atoms with E-state index in [0.717, 1.165) is 23.2 Å². The van der Waals surface area contributed by atoms with Crippen LogP contribution in [0.15, 0.2) is 30.6 Å². The van der Waals surface area contributed by atoms with E-state index in [9.17, 15) is 4.79 Å². The van der Waals surface area contributed by atoms with Crippen LogP contribution in [-0.2, 0) is 17.9 Å². The van der Waals surface area contributed by atoms with Gasteiger partial charge in [-0.15, -0.1) is 0 Å². The monoisotopic (exact) mass is 291 g/mol. The summed E-state index contributed by atoms with van der Waals surface area (Å²) in [4.78, 5) is 13.8. The lowest BCUT2D eigenvalue weighted by molar-refractivity contribution is -0.117. The van der Waals surface area contributed by atoms with E-state index in [0.29, 0.717) is 11.7 Å². The van der Waals surface area contributed by atoms with Gasteiger partial charge in [-0.2, -0.15) is 5.10 Å². The van der Waals surface area contributed by atoms with E-state index in [1.807, 2.05) is 31.3 Å². The van der Waals surface area contributed by atoms with Crippen molar-refractivity contribution in [2.75, 3.05) is 4.90 Å². The second-order valence-electron chi connectivity index (χ2n) is 4.67. The van der Waals surface area contributed by atoms with Crippen LogP contribution < -0.4 is 4.90 Å². The molecule has 2 aromatic rings. The normalized spacial score (nSPS) is 10.6. The van der Waals surface area contributed by atoms with Crippen molar-refractivity contribution < 1.29 is 4.79 Å². The fourth-order valence-corrected chi connectivity index (χ4v) is 2.40. The molecule has 0 aliphatic carbocycles. The van der Waals surface area contributed by atoms with E-state index in [-0.39, 0.29) is 5.91 Å². The zero-order chi connectivity index (χ0) is 14.7. The smallest absolute Gasteiger partial charge is 0.225 e. The maximum absolute atomic E-state index is 12.0. The lowest BCUT2D eigenvalue weighted by atomic mass is 10.0. The molecule has 106 valence electrons. The van der Waals surface area contributed by atoms with Crippen LogP contribution in [0.2, 0.25) is 5.02 Å². The maximum Gasteiger partial charge on any atom is 0.225 e. The highest BCUT2D eigenvalue weighted by Crippen LogP contribution is 2.31. The molecule has 0 fully saturated rings. The van der Waals surface area contributed by atoms with Crippen LogP contribution in [0, 0.1) is 6.92 Å². The SMILES string of the molecule is CCc1ccc(Cl)c(C)c1N(Cn1cccn1)C(C)=O. The minimum atomic E-state index is -0.0273. The third kappa shape index (κ3) is 2.85. The Hall–Kier alpha value is -1.81. The summed E-state index contributed by atoms with van der Waals surface area (Å²) in [5.41, 5.74) is 2.92. The molecule has 4 nitrogen and oxygen atoms in total. The summed E-state index contributed by atoms with van der Waals surface area (Å²) in [6.07, 6.45) is 4.38. The molecular weight excluding hydrogens is 274 g/mol. The number of hydrogen-bond acceptors (Lipinski definition) is 2. The van der Waals surface area contributed by atoms with Crippen molar-refractivity contribution in [1.82, 2.24) is 9.78 Å². The number of nitrogens with zero attached hydrogens (tertiary/aromatic N) is 3. The highest BCUT2D eigenvalue weighted by Gasteiger charge is 2.19. The van der Waals surface area contributed by atoms with Crippen molar-refractivity contribution in [1.29, 1.82) is 0 Å². The number of anilines is 1. The van der Waals surface area contributed by atoms with Crippen molar-refractivity contribution in [3.8, 4) is 0 Å². The molecule has 0 N–H and O–H groups in total. The molecule has 0 bridgehead atoms. The Morgan fingerprint density at radius 3 is 2.75 bits per heavy atom. The third-order valence-corrected chi connectivity index (χ3v) is 3.73. The number of rotatable bonds is 4. The van der Waals surface area contributed by atoms with Gasteiger partial charge < -0.3 is 0 Å². The van der Waals surface area contributed by atoms with E-state index in [1.54, 1.807) is 22.7 Å². The van der Waals surface area contributed by atoms with Gasteiger partial charge in [0.15, 0.2) is 0 Å². The van der Waals surface area contributed by atoms with Crippen LogP contribution in [0.5, 0.6) is 0 Å². The van der Waals surface area contributed by atoms with Gasteiger partial charge in [0.05, 0.1) is 5.69 Å². The van der Waals surface area contributed by atoms with Crippen LogP contribution in [0.3, 0.4) is 0 Å². The van der Waals surface area contributed by atoms with E-state index >= 15 is 0 Å². The molecule has 1 amide bonds. The van der Waals surface area contributed by atoms with Crippen molar-refractivity contribution in [2.24, 2.45) is 0 Å². The minimum Gasteiger partial charge on any atom is -0.292 e. The molecule has 5 heteroatoms. The van der Waals surface area contributed by atoms with E-state index in [4.69, 9.17) is 11.6 Å². The van der Waals surface area contributed by atoms with Crippen LogP contribution >= 0.6 is 11.6 Å². The molecule has 0 spiro atoms. The van der Waals surface area contributed by atoms with Gasteiger partial charge in [0.2, 0.25) is 5.91 Å². The van der Waals surface area contributed by atoms with Gasteiger partial charge in [-0.1, -0.05) is 24.6 Å². The van der Waals surface area contributed by atoms with Gasteiger partial charge in [0.25, 0.3) is 0 Å². The summed E-state index contributed by atoms with van der Waals surface area (Å²) < 4.78 is 1.72. The summed E-state index contributed by atoms with van der Waals surface area (Å²) in [6.45, 7) is 5.95. The van der Waals surface area contributed by atoms with Crippen molar-refractivity contribution in [3.63, 3.8) is 0 Å². The van der Waals surface area contributed by atoms with Gasteiger partial charge in [-0.05, 0) is 36.6 Å². The second kappa shape index (κ2) is 6.09. The van der Waals surface area contributed by atoms with Gasteiger partial charge in [0, 0.05) is 24.3 Å². The van der Waals surface area contributed by atoms with Gasteiger partial charge in [-0.3, -0.25) is 14.4 Å². The largest absolute Gasteiger partial charge is 0.292 e. The Labute approximate surface area is 124 Å². The van der Waals surface area contributed by atoms with E-state index < -0.39 is 0 Å². The number of aromatic nitrogens is 2. The molecule has 0 aliphatic rings. The Balaban J connectivity index is 2.49. The molecule has 0 radical (unpaired) electrons. The number of aryl methyl sites for hydroxylation is 1. The number of benzene rings is 1. The number of amides is 1. The van der Waals surface area contributed by atoms with Crippen LogP contribution in [0.25, 0.3) is 0 Å². The predicted molar refractivity (Wildman–Crippen MR) is 81.0 cm³/mol. The molecule has 1 aromatic heterocycles. The molecule has 20 heavy (non-hydrogen) atoms. The fourth-order valence-electron chi connectivity index (χ4n) is 2.25. The van der Waals surface area contributed by atoms with Crippen LogP contribution in [-0.4, -0.2) is 15.7 Å². The first-order valence-electron chi connectivity index (χ1n) is 6.58. The first-order valence-corrected chi connectivity index (χ1v) is 6.96. The van der Waals surface area contributed by atoms with E-state index in [2.05, 4.69) is 12.0 Å². The topological polar surface area (TPSA) is 38.1 Å². The van der Waals surface area contributed by atoms with Crippen molar-refractivity contribution in [2.45, 2.75) is 33.9 Å². The van der Waals surface area contributed by atoms with Gasteiger partial charge in [0.1, 0.15) is 6.67 Å². The zero-order valence-electron chi connectivity index (χ0n) is 11.9. The number of carbonyl (C=O) groups excluding carboxylic acids is 1. The first-order chi connectivity index (χ1) is 9.54. The van der Waals surface area contributed by atoms with Crippen molar-refractivity contribution >= 4 is 23.2 Å². The molecule has 0 atom stereocenters. The van der Waals surface area contributed by atoms with Crippen molar-refractivity contribution in [3.05, 3.63) is 46.7 Å². The molecule has 0 aliphatic heterocycles. The highest BCUT2D eigenvalue weighted by atomic mass is 35.5. The summed E-state index contributed by atoms with van der Waals surface area (Å²) in [7, 11) is 0. The Morgan fingerprint density at radius 1 is 1.45 bits per heavy atom. The molecule has 1 heterocycles. The van der Waals surface area contributed by atoms with Gasteiger partial charge >= 0.3 is 0 Å². The lowest BCUT2D eigenvalue weighted by Crippen LogP contribution is -2.32. The summed E-state index contributed by atoms with van der Waals surface area (Å²) in [6, 6.07) is 5.69. The van der Waals surface area contributed by atoms with Crippen LogP contribution in [0.1, 0.15) is 25.0 Å². The summed E-state index contributed by atoms with van der Waals surface area (Å²) in [5, 5.41) is 4.83. The number of halogens is 1. The minimum absolute atomic E-state index is 0.0273. The quantitative estimate of drug-likeness (QED) is 0.866. The first kappa shape index (κ1) is 14.6. The lowest BCUT2D eigenvalue weighted by Gasteiger charge is -2.26. The average molecular weight is 292 g/mol. The average Bonchev–Trinajstić information content (AvgIpc) is 2.92. The highest BCUT2D eigenvalue weighted by molar-refractivity contribution is 6.31. The molecule has 0 saturated carbocycles. The molecule has 1 aromatic carbocycles. The molecule has 2 rings (SSSR count). The third-order valence-electron chi connectivity index (χ3n) is 3.32. The summed E-state index contributed by atoms with van der Waals surface area (Å²) in [5.74, 6) is -0.0273. The van der Waals surface area contributed by atoms with Gasteiger partial charge in [-0.25, -0.2) is 0 Å². The van der Waals surface area contributed by atoms with Crippen LogP contribution in [0.4, 0.5) is 5.69 Å². The standard InChI is InChI=1S/C15H18ClN3O/c1-4-13-6-7-14(16)11(2)15(13)19(12(3)20)10-18-9-5-8-17-18/h5-9H,4,10H2,1-3H3. The zero-order valence-corrected chi connectivity index (χ0v) is 12.7.